The Morgan fingerprint density at radius 1 is 1.31 bits per heavy atom. The predicted octanol–water partition coefficient (Wildman–Crippen LogP) is 3.42. The molecule has 186 valence electrons. The molecule has 3 aliphatic rings. The van der Waals surface area contributed by atoms with E-state index < -0.39 is 31.6 Å². The third-order valence-corrected chi connectivity index (χ3v) is 7.22. The third kappa shape index (κ3) is 3.55. The van der Waals surface area contributed by atoms with Crippen LogP contribution in [0.2, 0.25) is 0 Å². The number of β-amino-alcohol motifs (C(OH)–C–C–N with tert-alkyl or cyclic N) is 1. The molecule has 2 bridgehead atoms. The fourth-order valence-corrected chi connectivity index (χ4v) is 5.73. The van der Waals surface area contributed by atoms with Gasteiger partial charge in [0.25, 0.3) is 5.91 Å². The van der Waals surface area contributed by atoms with Gasteiger partial charge in [0.2, 0.25) is 0 Å². The lowest BCUT2D eigenvalue weighted by Gasteiger charge is -2.44. The fourth-order valence-electron chi connectivity index (χ4n) is 5.73. The lowest BCUT2D eigenvalue weighted by molar-refractivity contribution is -0.0507. The SMILES string of the molecule is [2H]C([2H])([2H])N1C(=O)c2cccc(OC(F)F)c2[C@H]2C[C@@H]1c1nc3ccc(C#CC4(C)CN(CCO)C4)cc3n12. The molecule has 0 aliphatic carbocycles. The summed E-state index contributed by atoms with van der Waals surface area (Å²) in [6.07, 6.45) is 0.160. The number of alkyl halides is 2. The molecule has 4 heterocycles. The van der Waals surface area contributed by atoms with Crippen molar-refractivity contribution in [2.75, 3.05) is 33.2 Å². The summed E-state index contributed by atoms with van der Waals surface area (Å²) < 4.78 is 57.7. The molecule has 1 amide bonds. The van der Waals surface area contributed by atoms with Crippen LogP contribution in [0.4, 0.5) is 8.78 Å². The molecule has 0 saturated carbocycles. The Balaban J connectivity index is 1.48. The number of rotatable bonds is 4. The Bertz CT molecular complexity index is 1540. The number of hydrogen-bond acceptors (Lipinski definition) is 5. The summed E-state index contributed by atoms with van der Waals surface area (Å²) in [5.41, 5.74) is 2.03. The molecular weight excluding hydrogens is 466 g/mol. The Kier molecular flexibility index (Phi) is 4.53. The van der Waals surface area contributed by atoms with E-state index in [-0.39, 0.29) is 35.3 Å². The summed E-state index contributed by atoms with van der Waals surface area (Å²) in [4.78, 5) is 21.2. The van der Waals surface area contributed by atoms with Gasteiger partial charge in [-0.25, -0.2) is 4.98 Å². The van der Waals surface area contributed by atoms with E-state index in [1.165, 1.54) is 18.2 Å². The highest BCUT2D eigenvalue weighted by atomic mass is 19.3. The molecule has 36 heavy (non-hydrogen) atoms. The van der Waals surface area contributed by atoms with Gasteiger partial charge in [-0.2, -0.15) is 8.78 Å². The number of aliphatic hydroxyl groups excluding tert-OH is 1. The molecule has 1 N–H and O–H groups in total. The maximum absolute atomic E-state index is 13.5. The van der Waals surface area contributed by atoms with Gasteiger partial charge in [-0.1, -0.05) is 17.9 Å². The van der Waals surface area contributed by atoms with Gasteiger partial charge in [-0.3, -0.25) is 9.69 Å². The van der Waals surface area contributed by atoms with Gasteiger partial charge in [0, 0.05) is 53.8 Å². The summed E-state index contributed by atoms with van der Waals surface area (Å²) in [5.74, 6) is 6.01. The monoisotopic (exact) mass is 495 g/mol. The maximum Gasteiger partial charge on any atom is 0.387 e. The summed E-state index contributed by atoms with van der Waals surface area (Å²) in [7, 11) is 0. The van der Waals surface area contributed by atoms with E-state index in [2.05, 4.69) is 23.7 Å². The number of aliphatic hydroxyl groups is 1. The standard InChI is InChI=1S/C27H26F2N4O3/c1-27(14-32(15-27)10-11-34)9-8-16-6-7-18-19(12-16)33-20-13-21(24(33)30-18)31(2)25(35)17-4-3-5-22(23(17)20)36-26(28)29/h3-7,12,20-21,26,34H,10-11,13-15H2,1-2H3/t20-,21-/m1/s1/i2D3. The number of nitrogens with zero attached hydrogens (tertiary/aromatic N) is 4. The molecule has 1 saturated heterocycles. The molecule has 2 aromatic carbocycles. The molecule has 0 unspecified atom stereocenters. The molecule has 0 spiro atoms. The molecule has 3 aliphatic heterocycles. The molecular formula is C27H26F2N4O3. The van der Waals surface area contributed by atoms with Crippen LogP contribution in [0.5, 0.6) is 5.75 Å². The summed E-state index contributed by atoms with van der Waals surface area (Å²) >= 11 is 0. The van der Waals surface area contributed by atoms with Gasteiger partial charge in [-0.05, 0) is 37.3 Å². The first kappa shape index (κ1) is 19.7. The van der Waals surface area contributed by atoms with Crippen molar-refractivity contribution in [1.82, 2.24) is 19.4 Å². The molecule has 7 nitrogen and oxygen atoms in total. The Morgan fingerprint density at radius 2 is 2.14 bits per heavy atom. The summed E-state index contributed by atoms with van der Waals surface area (Å²) in [5, 5.41) is 9.13. The number of amides is 1. The van der Waals surface area contributed by atoms with Crippen molar-refractivity contribution >= 4 is 16.9 Å². The van der Waals surface area contributed by atoms with E-state index in [1.807, 2.05) is 16.7 Å². The highest BCUT2D eigenvalue weighted by Gasteiger charge is 2.45. The number of imidazole rings is 1. The number of fused-ring (bicyclic) bond motifs is 9. The van der Waals surface area contributed by atoms with E-state index in [9.17, 15) is 13.6 Å². The first-order valence-electron chi connectivity index (χ1n) is 13.3. The fraction of sp³-hybridized carbons (Fsp3) is 0.407. The zero-order chi connectivity index (χ0) is 27.7. The normalized spacial score (nSPS) is 23.6. The van der Waals surface area contributed by atoms with Gasteiger partial charge < -0.3 is 19.3 Å². The van der Waals surface area contributed by atoms with E-state index in [1.54, 1.807) is 6.07 Å². The quantitative estimate of drug-likeness (QED) is 0.562. The lowest BCUT2D eigenvalue weighted by atomic mass is 9.82. The van der Waals surface area contributed by atoms with Crippen LogP contribution in [0.25, 0.3) is 11.0 Å². The van der Waals surface area contributed by atoms with Crippen molar-refractivity contribution in [3.8, 4) is 17.6 Å². The first-order chi connectivity index (χ1) is 18.5. The lowest BCUT2D eigenvalue weighted by Crippen LogP contribution is -2.54. The minimum absolute atomic E-state index is 0.0190. The zero-order valence-electron chi connectivity index (χ0n) is 22.5. The second kappa shape index (κ2) is 8.29. The number of benzene rings is 2. The van der Waals surface area contributed by atoms with Crippen molar-refractivity contribution in [2.24, 2.45) is 5.41 Å². The maximum atomic E-state index is 13.5. The molecule has 1 fully saturated rings. The average molecular weight is 496 g/mol. The molecule has 6 rings (SSSR count). The number of halogens is 2. The van der Waals surface area contributed by atoms with Crippen molar-refractivity contribution in [1.29, 1.82) is 0 Å². The second-order valence-corrected chi connectivity index (χ2v) is 9.83. The van der Waals surface area contributed by atoms with Crippen LogP contribution in [0, 0.1) is 17.3 Å². The minimum Gasteiger partial charge on any atom is -0.434 e. The number of hydrogen-bond donors (Lipinski definition) is 1. The van der Waals surface area contributed by atoms with Gasteiger partial charge >= 0.3 is 6.61 Å². The van der Waals surface area contributed by atoms with Crippen molar-refractivity contribution in [3.63, 3.8) is 0 Å². The molecule has 9 heteroatoms. The molecule has 3 aromatic rings. The smallest absolute Gasteiger partial charge is 0.387 e. The topological polar surface area (TPSA) is 70.8 Å². The number of carbonyl (C=O) groups excluding carboxylic acids is 1. The summed E-state index contributed by atoms with van der Waals surface area (Å²) in [6, 6.07) is 8.19. The highest BCUT2D eigenvalue weighted by Crippen LogP contribution is 2.50. The van der Waals surface area contributed by atoms with E-state index in [0.717, 1.165) is 23.6 Å². The molecule has 1 aromatic heterocycles. The number of ether oxygens (including phenoxy) is 1. The number of carbonyl (C=O) groups is 1. The summed E-state index contributed by atoms with van der Waals surface area (Å²) in [6.45, 7) is -1.59. The number of aromatic nitrogens is 2. The van der Waals surface area contributed by atoms with Gasteiger partial charge in [0.1, 0.15) is 11.6 Å². The van der Waals surface area contributed by atoms with E-state index >= 15 is 0 Å². The number of likely N-dealkylation sites (tertiary alicyclic amines) is 1. The van der Waals surface area contributed by atoms with E-state index in [0.29, 0.717) is 23.4 Å². The van der Waals surface area contributed by atoms with Crippen LogP contribution in [0.1, 0.15) is 56.8 Å². The second-order valence-electron chi connectivity index (χ2n) is 9.83. The van der Waals surface area contributed by atoms with Crippen LogP contribution < -0.4 is 4.74 Å². The minimum atomic E-state index is -3.12. The van der Waals surface area contributed by atoms with Crippen LogP contribution >= 0.6 is 0 Å². The van der Waals surface area contributed by atoms with E-state index in [4.69, 9.17) is 18.9 Å². The van der Waals surface area contributed by atoms with Gasteiger partial charge in [-0.15, -0.1) is 0 Å². The van der Waals surface area contributed by atoms with Crippen LogP contribution in [0.3, 0.4) is 0 Å². The first-order valence-corrected chi connectivity index (χ1v) is 11.8. The largest absolute Gasteiger partial charge is 0.434 e. The van der Waals surface area contributed by atoms with Gasteiger partial charge in [0.15, 0.2) is 0 Å². The van der Waals surface area contributed by atoms with Gasteiger partial charge in [0.05, 0.1) is 35.1 Å². The van der Waals surface area contributed by atoms with Crippen molar-refractivity contribution < 1.29 is 27.5 Å². The Labute approximate surface area is 211 Å². The average Bonchev–Trinajstić information content (AvgIpc) is 3.34. The predicted molar refractivity (Wildman–Crippen MR) is 129 cm³/mol. The zero-order valence-corrected chi connectivity index (χ0v) is 19.5. The third-order valence-electron chi connectivity index (χ3n) is 7.22. The highest BCUT2D eigenvalue weighted by molar-refractivity contribution is 5.97. The van der Waals surface area contributed by atoms with Crippen LogP contribution in [-0.2, 0) is 0 Å². The molecule has 2 atom stereocenters. The Hall–Kier alpha value is -3.48. The Morgan fingerprint density at radius 3 is 2.89 bits per heavy atom. The molecule has 0 radical (unpaired) electrons. The van der Waals surface area contributed by atoms with Crippen molar-refractivity contribution in [3.05, 3.63) is 58.9 Å². The van der Waals surface area contributed by atoms with Crippen LogP contribution in [-0.4, -0.2) is 70.2 Å². The van der Waals surface area contributed by atoms with Crippen LogP contribution in [0.15, 0.2) is 36.4 Å². The van der Waals surface area contributed by atoms with Crippen molar-refractivity contribution in [2.45, 2.75) is 32.0 Å².